The molecular formula is C17H29N3O3S2. The van der Waals surface area contributed by atoms with Gasteiger partial charge in [-0.25, -0.2) is 8.42 Å². The van der Waals surface area contributed by atoms with Gasteiger partial charge in [0.05, 0.1) is 6.54 Å². The molecule has 8 heteroatoms. The van der Waals surface area contributed by atoms with E-state index in [-0.39, 0.29) is 11.9 Å². The van der Waals surface area contributed by atoms with Gasteiger partial charge in [-0.1, -0.05) is 32.3 Å². The standard InChI is InChI=1S/C17H29N3O3S2/c1-3-4-5-7-15(2)18-16(21)14-19-9-11-20(12-10-19)25(22,23)17-8-6-13-24-17/h6,8,13,15H,3-5,7,9-12,14H2,1-2H3,(H,18,21)/t15-/m0/s1. The van der Waals surface area contributed by atoms with Gasteiger partial charge in [-0.15, -0.1) is 11.3 Å². The smallest absolute Gasteiger partial charge is 0.252 e. The maximum atomic E-state index is 12.5. The molecule has 1 atom stereocenters. The number of thiophene rings is 1. The molecule has 25 heavy (non-hydrogen) atoms. The summed E-state index contributed by atoms with van der Waals surface area (Å²) < 4.78 is 26.9. The van der Waals surface area contributed by atoms with Crippen LogP contribution >= 0.6 is 11.3 Å². The Kier molecular flexibility index (Phi) is 7.86. The molecule has 0 aliphatic carbocycles. The average Bonchev–Trinajstić information content (AvgIpc) is 3.10. The molecule has 0 radical (unpaired) electrons. The highest BCUT2D eigenvalue weighted by atomic mass is 32.2. The summed E-state index contributed by atoms with van der Waals surface area (Å²) in [5.41, 5.74) is 0. The fraction of sp³-hybridized carbons (Fsp3) is 0.706. The van der Waals surface area contributed by atoms with E-state index < -0.39 is 10.0 Å². The van der Waals surface area contributed by atoms with E-state index in [0.717, 1.165) is 12.8 Å². The van der Waals surface area contributed by atoms with Gasteiger partial charge in [0.1, 0.15) is 4.21 Å². The predicted octanol–water partition coefficient (Wildman–Crippen LogP) is 2.14. The highest BCUT2D eigenvalue weighted by molar-refractivity contribution is 7.91. The summed E-state index contributed by atoms with van der Waals surface area (Å²) in [5, 5.41) is 4.81. The van der Waals surface area contributed by atoms with Gasteiger partial charge in [-0.05, 0) is 24.8 Å². The Morgan fingerprint density at radius 1 is 1.28 bits per heavy atom. The van der Waals surface area contributed by atoms with Gasteiger partial charge in [0.15, 0.2) is 0 Å². The van der Waals surface area contributed by atoms with E-state index in [2.05, 4.69) is 12.2 Å². The zero-order chi connectivity index (χ0) is 18.3. The molecule has 1 amide bonds. The van der Waals surface area contributed by atoms with Gasteiger partial charge >= 0.3 is 0 Å². The third-order valence-electron chi connectivity index (χ3n) is 4.44. The lowest BCUT2D eigenvalue weighted by Crippen LogP contribution is -2.51. The minimum Gasteiger partial charge on any atom is -0.353 e. The SMILES string of the molecule is CCCCC[C@H](C)NC(=O)CN1CCN(S(=O)(=O)c2cccs2)CC1. The van der Waals surface area contributed by atoms with E-state index in [9.17, 15) is 13.2 Å². The van der Waals surface area contributed by atoms with Crippen LogP contribution in [0.3, 0.4) is 0 Å². The second-order valence-electron chi connectivity index (χ2n) is 6.58. The van der Waals surface area contributed by atoms with Crippen LogP contribution in [0.2, 0.25) is 0 Å². The number of carbonyl (C=O) groups is 1. The number of nitrogens with zero attached hydrogens (tertiary/aromatic N) is 2. The van der Waals surface area contributed by atoms with Crippen LogP contribution in [0.4, 0.5) is 0 Å². The molecule has 2 heterocycles. The van der Waals surface area contributed by atoms with Crippen LogP contribution in [0, 0.1) is 0 Å². The summed E-state index contributed by atoms with van der Waals surface area (Å²) in [4.78, 5) is 14.2. The number of carbonyl (C=O) groups excluding carboxylic acids is 1. The van der Waals surface area contributed by atoms with E-state index in [0.29, 0.717) is 36.9 Å². The lowest BCUT2D eigenvalue weighted by Gasteiger charge is -2.33. The van der Waals surface area contributed by atoms with Crippen molar-refractivity contribution in [2.75, 3.05) is 32.7 Å². The van der Waals surface area contributed by atoms with Crippen molar-refractivity contribution in [3.63, 3.8) is 0 Å². The minimum absolute atomic E-state index is 0.0264. The molecule has 0 saturated carbocycles. The first-order chi connectivity index (χ1) is 11.9. The number of hydrogen-bond acceptors (Lipinski definition) is 5. The monoisotopic (exact) mass is 387 g/mol. The summed E-state index contributed by atoms with van der Waals surface area (Å²) in [5.74, 6) is 0.0264. The number of sulfonamides is 1. The van der Waals surface area contributed by atoms with Gasteiger partial charge in [0, 0.05) is 32.2 Å². The molecule has 1 saturated heterocycles. The van der Waals surface area contributed by atoms with Crippen molar-refractivity contribution < 1.29 is 13.2 Å². The van der Waals surface area contributed by atoms with Crippen LogP contribution in [-0.2, 0) is 14.8 Å². The molecule has 1 aliphatic rings. The Morgan fingerprint density at radius 3 is 2.60 bits per heavy atom. The lowest BCUT2D eigenvalue weighted by atomic mass is 10.1. The van der Waals surface area contributed by atoms with Crippen molar-refractivity contribution >= 4 is 27.3 Å². The second kappa shape index (κ2) is 9.66. The lowest BCUT2D eigenvalue weighted by molar-refractivity contribution is -0.123. The molecule has 0 unspecified atom stereocenters. The second-order valence-corrected chi connectivity index (χ2v) is 9.69. The van der Waals surface area contributed by atoms with Crippen molar-refractivity contribution in [2.24, 2.45) is 0 Å². The quantitative estimate of drug-likeness (QED) is 0.659. The van der Waals surface area contributed by atoms with E-state index in [1.54, 1.807) is 17.5 Å². The molecule has 142 valence electrons. The minimum atomic E-state index is -3.38. The Balaban J connectivity index is 1.74. The number of hydrogen-bond donors (Lipinski definition) is 1. The Hall–Kier alpha value is -0.960. The summed E-state index contributed by atoms with van der Waals surface area (Å²) >= 11 is 1.24. The number of rotatable bonds is 9. The fourth-order valence-electron chi connectivity index (χ4n) is 2.96. The first kappa shape index (κ1) is 20.4. The molecule has 1 aliphatic heterocycles. The average molecular weight is 388 g/mol. The first-order valence-corrected chi connectivity index (χ1v) is 11.3. The van der Waals surface area contributed by atoms with Crippen LogP contribution in [0.15, 0.2) is 21.7 Å². The van der Waals surface area contributed by atoms with E-state index >= 15 is 0 Å². The molecule has 6 nitrogen and oxygen atoms in total. The number of amides is 1. The van der Waals surface area contributed by atoms with Gasteiger partial charge < -0.3 is 5.32 Å². The number of piperazine rings is 1. The van der Waals surface area contributed by atoms with Crippen LogP contribution in [0.25, 0.3) is 0 Å². The van der Waals surface area contributed by atoms with E-state index in [1.165, 1.54) is 28.5 Å². The molecule has 1 N–H and O–H groups in total. The van der Waals surface area contributed by atoms with Crippen molar-refractivity contribution in [1.29, 1.82) is 0 Å². The van der Waals surface area contributed by atoms with Gasteiger partial charge in [0.2, 0.25) is 5.91 Å². The molecule has 0 spiro atoms. The molecule has 0 aromatic carbocycles. The summed E-state index contributed by atoms with van der Waals surface area (Å²) in [6.45, 7) is 6.58. The molecule has 1 aromatic rings. The third-order valence-corrected chi connectivity index (χ3v) is 7.71. The number of nitrogens with one attached hydrogen (secondary N) is 1. The van der Waals surface area contributed by atoms with Crippen molar-refractivity contribution in [3.05, 3.63) is 17.5 Å². The molecule has 1 fully saturated rings. The van der Waals surface area contributed by atoms with E-state index in [4.69, 9.17) is 0 Å². The molecular weight excluding hydrogens is 358 g/mol. The maximum absolute atomic E-state index is 12.5. The van der Waals surface area contributed by atoms with E-state index in [1.807, 2.05) is 11.8 Å². The zero-order valence-corrected chi connectivity index (χ0v) is 16.7. The largest absolute Gasteiger partial charge is 0.353 e. The Morgan fingerprint density at radius 2 is 2.00 bits per heavy atom. The van der Waals surface area contributed by atoms with Crippen molar-refractivity contribution in [2.45, 2.75) is 49.8 Å². The fourth-order valence-corrected chi connectivity index (χ4v) is 5.53. The molecule has 2 rings (SSSR count). The third kappa shape index (κ3) is 6.06. The van der Waals surface area contributed by atoms with Crippen LogP contribution in [0.5, 0.6) is 0 Å². The maximum Gasteiger partial charge on any atom is 0.252 e. The van der Waals surface area contributed by atoms with Gasteiger partial charge in [0.25, 0.3) is 10.0 Å². The molecule has 1 aromatic heterocycles. The topological polar surface area (TPSA) is 69.7 Å². The predicted molar refractivity (Wildman–Crippen MR) is 101 cm³/mol. The van der Waals surface area contributed by atoms with Crippen LogP contribution < -0.4 is 5.32 Å². The Labute approximate surface area is 155 Å². The first-order valence-electron chi connectivity index (χ1n) is 8.99. The number of unbranched alkanes of at least 4 members (excludes halogenated alkanes) is 2. The highest BCUT2D eigenvalue weighted by Gasteiger charge is 2.29. The Bertz CT molecular complexity index is 624. The van der Waals surface area contributed by atoms with Gasteiger partial charge in [-0.3, -0.25) is 9.69 Å². The zero-order valence-electron chi connectivity index (χ0n) is 15.1. The van der Waals surface area contributed by atoms with Crippen LogP contribution in [-0.4, -0.2) is 62.3 Å². The molecule has 0 bridgehead atoms. The van der Waals surface area contributed by atoms with Crippen molar-refractivity contribution in [3.8, 4) is 0 Å². The van der Waals surface area contributed by atoms with Crippen LogP contribution in [0.1, 0.15) is 39.5 Å². The van der Waals surface area contributed by atoms with Crippen molar-refractivity contribution in [1.82, 2.24) is 14.5 Å². The summed E-state index contributed by atoms with van der Waals surface area (Å²) in [6, 6.07) is 3.58. The van der Waals surface area contributed by atoms with Gasteiger partial charge in [-0.2, -0.15) is 4.31 Å². The summed E-state index contributed by atoms with van der Waals surface area (Å²) in [6.07, 6.45) is 4.52. The highest BCUT2D eigenvalue weighted by Crippen LogP contribution is 2.21. The summed E-state index contributed by atoms with van der Waals surface area (Å²) in [7, 11) is -3.38. The normalized spacial score (nSPS) is 18.2.